The Kier molecular flexibility index (Phi) is 4.34. The first kappa shape index (κ1) is 13.9. The third kappa shape index (κ3) is 3.27. The molecular formula is C16H24ClN. The van der Waals surface area contributed by atoms with Crippen LogP contribution in [0.5, 0.6) is 0 Å². The van der Waals surface area contributed by atoms with E-state index in [1.165, 1.54) is 18.4 Å². The molecule has 0 saturated heterocycles. The fourth-order valence-corrected chi connectivity index (χ4v) is 3.40. The maximum absolute atomic E-state index is 6.63. The van der Waals surface area contributed by atoms with Crippen LogP contribution in [0.25, 0.3) is 0 Å². The quantitative estimate of drug-likeness (QED) is 0.860. The molecule has 1 saturated carbocycles. The first-order chi connectivity index (χ1) is 8.50. The van der Waals surface area contributed by atoms with Gasteiger partial charge in [-0.1, -0.05) is 56.5 Å². The fraction of sp³-hybridized carbons (Fsp3) is 0.625. The van der Waals surface area contributed by atoms with Crippen molar-refractivity contribution in [1.29, 1.82) is 0 Å². The molecule has 100 valence electrons. The number of rotatable bonds is 3. The van der Waals surface area contributed by atoms with Gasteiger partial charge >= 0.3 is 0 Å². The predicted octanol–water partition coefficient (Wildman–Crippen LogP) is 4.43. The van der Waals surface area contributed by atoms with E-state index < -0.39 is 0 Å². The van der Waals surface area contributed by atoms with Gasteiger partial charge in [0.2, 0.25) is 0 Å². The van der Waals surface area contributed by atoms with Crippen molar-refractivity contribution in [3.05, 3.63) is 34.9 Å². The lowest BCUT2D eigenvalue weighted by atomic mass is 9.70. The molecule has 1 nitrogen and oxygen atoms in total. The highest BCUT2D eigenvalue weighted by Crippen LogP contribution is 2.37. The molecule has 1 aromatic carbocycles. The molecule has 18 heavy (non-hydrogen) atoms. The van der Waals surface area contributed by atoms with Gasteiger partial charge in [-0.15, -0.1) is 0 Å². The molecule has 0 aliphatic heterocycles. The van der Waals surface area contributed by atoms with Crippen molar-refractivity contribution >= 4 is 11.6 Å². The van der Waals surface area contributed by atoms with Crippen LogP contribution in [0.4, 0.5) is 0 Å². The number of hydrogen-bond donors (Lipinski definition) is 1. The summed E-state index contributed by atoms with van der Waals surface area (Å²) in [7, 11) is 0. The summed E-state index contributed by atoms with van der Waals surface area (Å²) in [6.45, 7) is 4.62. The van der Waals surface area contributed by atoms with Crippen LogP contribution in [0.15, 0.2) is 24.3 Å². The van der Waals surface area contributed by atoms with Gasteiger partial charge in [0.1, 0.15) is 0 Å². The van der Waals surface area contributed by atoms with Crippen LogP contribution in [0.3, 0.4) is 0 Å². The van der Waals surface area contributed by atoms with E-state index in [-0.39, 0.29) is 5.54 Å². The van der Waals surface area contributed by atoms with E-state index in [1.54, 1.807) is 0 Å². The Morgan fingerprint density at radius 2 is 2.11 bits per heavy atom. The molecular weight excluding hydrogens is 242 g/mol. The molecule has 2 unspecified atom stereocenters. The highest BCUT2D eigenvalue weighted by atomic mass is 35.5. The third-order valence-corrected chi connectivity index (χ3v) is 4.73. The maximum atomic E-state index is 6.63. The number of benzene rings is 1. The van der Waals surface area contributed by atoms with Gasteiger partial charge in [0.05, 0.1) is 0 Å². The molecule has 2 heteroatoms. The zero-order chi connectivity index (χ0) is 13.2. The van der Waals surface area contributed by atoms with Gasteiger partial charge in [0.15, 0.2) is 0 Å². The molecule has 0 radical (unpaired) electrons. The van der Waals surface area contributed by atoms with Gasteiger partial charge in [0.25, 0.3) is 0 Å². The number of halogens is 1. The van der Waals surface area contributed by atoms with E-state index >= 15 is 0 Å². The van der Waals surface area contributed by atoms with Crippen molar-refractivity contribution in [2.45, 2.75) is 51.5 Å². The van der Waals surface area contributed by atoms with E-state index in [4.69, 9.17) is 17.3 Å². The zero-order valence-electron chi connectivity index (χ0n) is 11.5. The van der Waals surface area contributed by atoms with Gasteiger partial charge in [-0.05, 0) is 42.7 Å². The van der Waals surface area contributed by atoms with Crippen LogP contribution in [0, 0.1) is 11.8 Å². The second kappa shape index (κ2) is 5.63. The highest BCUT2D eigenvalue weighted by molar-refractivity contribution is 6.31. The first-order valence-electron chi connectivity index (χ1n) is 7.02. The molecule has 1 fully saturated rings. The van der Waals surface area contributed by atoms with Gasteiger partial charge in [-0.25, -0.2) is 0 Å². The van der Waals surface area contributed by atoms with Crippen molar-refractivity contribution in [3.8, 4) is 0 Å². The van der Waals surface area contributed by atoms with Gasteiger partial charge in [0, 0.05) is 10.6 Å². The van der Waals surface area contributed by atoms with Crippen LogP contribution in [-0.2, 0) is 6.42 Å². The van der Waals surface area contributed by atoms with Crippen molar-refractivity contribution in [2.24, 2.45) is 17.6 Å². The van der Waals surface area contributed by atoms with Crippen LogP contribution in [0.1, 0.15) is 45.1 Å². The summed E-state index contributed by atoms with van der Waals surface area (Å²) >= 11 is 6.25. The SMILES string of the molecule is CC(C)C1CCCC(N)(Cc2ccccc2Cl)C1. The minimum absolute atomic E-state index is 0.0574. The smallest absolute Gasteiger partial charge is 0.0438 e. The predicted molar refractivity (Wildman–Crippen MR) is 78.9 cm³/mol. The van der Waals surface area contributed by atoms with Crippen molar-refractivity contribution in [2.75, 3.05) is 0 Å². The monoisotopic (exact) mass is 265 g/mol. The standard InChI is InChI=1S/C16H24ClN/c1-12(2)13-7-5-9-16(18,10-13)11-14-6-3-4-8-15(14)17/h3-4,6,8,12-13H,5,7,9-11,18H2,1-2H3. The lowest BCUT2D eigenvalue weighted by Gasteiger charge is -2.40. The lowest BCUT2D eigenvalue weighted by Crippen LogP contribution is -2.47. The number of hydrogen-bond acceptors (Lipinski definition) is 1. The normalized spacial score (nSPS) is 28.6. The zero-order valence-corrected chi connectivity index (χ0v) is 12.2. The fourth-order valence-electron chi connectivity index (χ4n) is 3.19. The van der Waals surface area contributed by atoms with Crippen LogP contribution in [-0.4, -0.2) is 5.54 Å². The summed E-state index contributed by atoms with van der Waals surface area (Å²) in [6.07, 6.45) is 5.76. The van der Waals surface area contributed by atoms with E-state index in [2.05, 4.69) is 19.9 Å². The Morgan fingerprint density at radius 1 is 1.39 bits per heavy atom. The van der Waals surface area contributed by atoms with Gasteiger partial charge < -0.3 is 5.73 Å². The summed E-state index contributed by atoms with van der Waals surface area (Å²) in [5.41, 5.74) is 7.77. The minimum Gasteiger partial charge on any atom is -0.325 e. The molecule has 2 atom stereocenters. The minimum atomic E-state index is -0.0574. The lowest BCUT2D eigenvalue weighted by molar-refractivity contribution is 0.182. The van der Waals surface area contributed by atoms with Gasteiger partial charge in [-0.2, -0.15) is 0 Å². The molecule has 1 aromatic rings. The topological polar surface area (TPSA) is 26.0 Å². The summed E-state index contributed by atoms with van der Waals surface area (Å²) in [5, 5.41) is 0.856. The summed E-state index contributed by atoms with van der Waals surface area (Å²) < 4.78 is 0. The van der Waals surface area contributed by atoms with E-state index in [1.807, 2.05) is 18.2 Å². The third-order valence-electron chi connectivity index (χ3n) is 4.36. The molecule has 1 aliphatic rings. The Labute approximate surface area is 116 Å². The molecule has 1 aliphatic carbocycles. The second-order valence-corrected chi connectivity index (χ2v) is 6.64. The summed E-state index contributed by atoms with van der Waals surface area (Å²) in [6, 6.07) is 8.10. The van der Waals surface area contributed by atoms with E-state index in [0.717, 1.165) is 36.1 Å². The molecule has 0 heterocycles. The van der Waals surface area contributed by atoms with Gasteiger partial charge in [-0.3, -0.25) is 0 Å². The molecule has 0 amide bonds. The molecule has 2 N–H and O–H groups in total. The molecule has 0 bridgehead atoms. The van der Waals surface area contributed by atoms with Crippen LogP contribution < -0.4 is 5.73 Å². The summed E-state index contributed by atoms with van der Waals surface area (Å²) in [5.74, 6) is 1.51. The Bertz CT molecular complexity index is 402. The largest absolute Gasteiger partial charge is 0.325 e. The van der Waals surface area contributed by atoms with Crippen LogP contribution >= 0.6 is 11.6 Å². The molecule has 0 spiro atoms. The average Bonchev–Trinajstić information content (AvgIpc) is 2.32. The first-order valence-corrected chi connectivity index (χ1v) is 7.40. The molecule has 0 aromatic heterocycles. The second-order valence-electron chi connectivity index (χ2n) is 6.23. The maximum Gasteiger partial charge on any atom is 0.0438 e. The average molecular weight is 266 g/mol. The number of nitrogens with two attached hydrogens (primary N) is 1. The Balaban J connectivity index is 2.09. The van der Waals surface area contributed by atoms with Crippen molar-refractivity contribution in [1.82, 2.24) is 0 Å². The summed E-state index contributed by atoms with van der Waals surface area (Å²) in [4.78, 5) is 0. The highest BCUT2D eigenvalue weighted by Gasteiger charge is 2.34. The van der Waals surface area contributed by atoms with Crippen LogP contribution in [0.2, 0.25) is 5.02 Å². The van der Waals surface area contributed by atoms with Crippen molar-refractivity contribution in [3.63, 3.8) is 0 Å². The van der Waals surface area contributed by atoms with E-state index in [9.17, 15) is 0 Å². The Hall–Kier alpha value is -0.530. The van der Waals surface area contributed by atoms with E-state index in [0.29, 0.717) is 0 Å². The van der Waals surface area contributed by atoms with Crippen molar-refractivity contribution < 1.29 is 0 Å². The Morgan fingerprint density at radius 3 is 2.78 bits per heavy atom. The molecule has 2 rings (SSSR count).